The molecule has 5 heteroatoms. The third-order valence-corrected chi connectivity index (χ3v) is 6.63. The van der Waals surface area contributed by atoms with Gasteiger partial charge in [0, 0.05) is 12.1 Å². The van der Waals surface area contributed by atoms with Crippen molar-refractivity contribution in [3.05, 3.63) is 139 Å². The fraction of sp³-hybridized carbons (Fsp3) is 0.0312. The normalized spacial score (nSPS) is 11.1. The van der Waals surface area contributed by atoms with Crippen molar-refractivity contribution in [2.24, 2.45) is 0 Å². The average Bonchev–Trinajstić information content (AvgIpc) is 2.92. The molecule has 182 valence electrons. The summed E-state index contributed by atoms with van der Waals surface area (Å²) in [5, 5.41) is 14.1. The Balaban J connectivity index is 1.67. The first kappa shape index (κ1) is 24.3. The molecule has 4 nitrogen and oxygen atoms in total. The van der Waals surface area contributed by atoms with Crippen molar-refractivity contribution in [2.75, 3.05) is 0 Å². The first-order valence-corrected chi connectivity index (χ1v) is 12.7. The number of ether oxygens (including phenoxy) is 3. The van der Waals surface area contributed by atoms with E-state index in [0.29, 0.717) is 53.6 Å². The second-order valence-corrected chi connectivity index (χ2v) is 9.32. The maximum atomic E-state index is 13.5. The monoisotopic (exact) mass is 503 g/mol. The quantitative estimate of drug-likeness (QED) is 0.206. The highest BCUT2D eigenvalue weighted by Crippen LogP contribution is 2.36. The van der Waals surface area contributed by atoms with Crippen LogP contribution in [-0.2, 0) is 0 Å². The van der Waals surface area contributed by atoms with Gasteiger partial charge in [-0.2, -0.15) is 0 Å². The van der Waals surface area contributed by atoms with E-state index in [1.165, 1.54) is 0 Å². The van der Waals surface area contributed by atoms with Crippen LogP contribution in [0.5, 0.6) is 34.5 Å². The lowest BCUT2D eigenvalue weighted by Crippen LogP contribution is -2.19. The van der Waals surface area contributed by atoms with Gasteiger partial charge >= 0.3 is 0 Å². The van der Waals surface area contributed by atoms with Gasteiger partial charge in [-0.1, -0.05) is 87.1 Å². The smallest absolute Gasteiger partial charge is 0.146 e. The SMILES string of the molecule is Cc1ccccc1C([O-])=Pc1c(Oc2ccccc2)cc(Oc2ccccc2)cc1Oc1ccccc1. The predicted octanol–water partition coefficient (Wildman–Crippen LogP) is 7.48. The van der Waals surface area contributed by atoms with E-state index in [1.807, 2.05) is 122 Å². The zero-order valence-corrected chi connectivity index (χ0v) is 21.1. The highest BCUT2D eigenvalue weighted by molar-refractivity contribution is 7.49. The van der Waals surface area contributed by atoms with Gasteiger partial charge in [-0.05, 0) is 54.4 Å². The van der Waals surface area contributed by atoms with Gasteiger partial charge in [0.05, 0.1) is 5.30 Å². The molecule has 0 unspecified atom stereocenters. The van der Waals surface area contributed by atoms with Crippen LogP contribution in [0.3, 0.4) is 0 Å². The van der Waals surface area contributed by atoms with Crippen molar-refractivity contribution >= 4 is 19.0 Å². The summed E-state index contributed by atoms with van der Waals surface area (Å²) >= 11 is 0. The van der Waals surface area contributed by atoms with Crippen LogP contribution in [0.2, 0.25) is 0 Å². The zero-order chi connectivity index (χ0) is 25.5. The van der Waals surface area contributed by atoms with E-state index in [0.717, 1.165) is 5.56 Å². The van der Waals surface area contributed by atoms with Crippen LogP contribution in [0.4, 0.5) is 0 Å². The molecule has 0 fully saturated rings. The summed E-state index contributed by atoms with van der Waals surface area (Å²) in [6.45, 7) is 1.93. The Bertz CT molecular complexity index is 1440. The molecule has 0 heterocycles. The first-order valence-electron chi connectivity index (χ1n) is 11.8. The Labute approximate surface area is 218 Å². The third kappa shape index (κ3) is 6.25. The van der Waals surface area contributed by atoms with E-state index in [9.17, 15) is 5.11 Å². The highest BCUT2D eigenvalue weighted by Gasteiger charge is 2.16. The molecule has 0 bridgehead atoms. The number of hydrogen-bond donors (Lipinski definition) is 0. The number of aryl methyl sites for hydroxylation is 1. The molecule has 0 aliphatic carbocycles. The Hall–Kier alpha value is -4.37. The van der Waals surface area contributed by atoms with Crippen LogP contribution in [0, 0.1) is 6.92 Å². The van der Waals surface area contributed by atoms with E-state index >= 15 is 0 Å². The van der Waals surface area contributed by atoms with E-state index in [2.05, 4.69) is 0 Å². The molecule has 37 heavy (non-hydrogen) atoms. The van der Waals surface area contributed by atoms with Crippen molar-refractivity contribution < 1.29 is 19.3 Å². The molecule has 0 spiro atoms. The van der Waals surface area contributed by atoms with E-state index in [4.69, 9.17) is 14.2 Å². The van der Waals surface area contributed by atoms with Gasteiger partial charge in [-0.3, -0.25) is 0 Å². The Morgan fingerprint density at radius 2 is 0.973 bits per heavy atom. The molecular weight excluding hydrogens is 479 g/mol. The molecule has 5 aromatic carbocycles. The summed E-state index contributed by atoms with van der Waals surface area (Å²) in [7, 11) is 0.423. The van der Waals surface area contributed by atoms with E-state index in [-0.39, 0.29) is 5.48 Å². The van der Waals surface area contributed by atoms with E-state index in [1.54, 1.807) is 12.1 Å². The molecule has 0 N–H and O–H groups in total. The molecule has 0 saturated heterocycles. The van der Waals surface area contributed by atoms with Gasteiger partial charge in [-0.25, -0.2) is 0 Å². The number of hydrogen-bond acceptors (Lipinski definition) is 4. The molecular formula is C32H24O4P-. The Kier molecular flexibility index (Phi) is 7.61. The van der Waals surface area contributed by atoms with Crippen molar-refractivity contribution in [3.63, 3.8) is 0 Å². The molecule has 0 radical (unpaired) electrons. The minimum absolute atomic E-state index is 0.0503. The fourth-order valence-electron chi connectivity index (χ4n) is 3.71. The topological polar surface area (TPSA) is 50.8 Å². The summed E-state index contributed by atoms with van der Waals surface area (Å²) in [5.41, 5.74) is 1.52. The maximum absolute atomic E-state index is 13.5. The third-order valence-electron chi connectivity index (χ3n) is 5.52. The van der Waals surface area contributed by atoms with E-state index < -0.39 is 0 Å². The summed E-state index contributed by atoms with van der Waals surface area (Å²) in [6.07, 6.45) is 0. The van der Waals surface area contributed by atoms with Crippen LogP contribution in [0.15, 0.2) is 127 Å². The second kappa shape index (κ2) is 11.6. The Morgan fingerprint density at radius 1 is 0.541 bits per heavy atom. The van der Waals surface area contributed by atoms with Gasteiger partial charge in [-0.15, -0.1) is 5.48 Å². The lowest BCUT2D eigenvalue weighted by molar-refractivity contribution is -0.207. The average molecular weight is 504 g/mol. The maximum Gasteiger partial charge on any atom is 0.146 e. The molecule has 0 aliphatic rings. The molecule has 0 atom stereocenters. The number of benzene rings is 5. The number of rotatable bonds is 8. The molecule has 0 aromatic heterocycles. The molecule has 0 aliphatic heterocycles. The van der Waals surface area contributed by atoms with Gasteiger partial charge in [0.15, 0.2) is 0 Å². The van der Waals surface area contributed by atoms with Crippen LogP contribution in [0.25, 0.3) is 0 Å². The first-order chi connectivity index (χ1) is 18.2. The minimum Gasteiger partial charge on any atom is -0.823 e. The summed E-state index contributed by atoms with van der Waals surface area (Å²) in [4.78, 5) is 0. The van der Waals surface area contributed by atoms with Crippen LogP contribution < -0.4 is 24.6 Å². The van der Waals surface area contributed by atoms with Gasteiger partial charge in [0.25, 0.3) is 0 Å². The molecule has 5 aromatic rings. The van der Waals surface area contributed by atoms with Crippen molar-refractivity contribution in [3.8, 4) is 34.5 Å². The van der Waals surface area contributed by atoms with Crippen molar-refractivity contribution in [2.45, 2.75) is 6.92 Å². The van der Waals surface area contributed by atoms with Gasteiger partial charge in [0.1, 0.15) is 34.5 Å². The second-order valence-electron chi connectivity index (χ2n) is 8.25. The van der Waals surface area contributed by atoms with Crippen LogP contribution in [-0.4, -0.2) is 5.48 Å². The summed E-state index contributed by atoms with van der Waals surface area (Å²) in [5.74, 6) is 3.46. The van der Waals surface area contributed by atoms with Gasteiger partial charge in [0.2, 0.25) is 0 Å². The lowest BCUT2D eigenvalue weighted by atomic mass is 10.1. The van der Waals surface area contributed by atoms with Crippen molar-refractivity contribution in [1.82, 2.24) is 0 Å². The van der Waals surface area contributed by atoms with Gasteiger partial charge < -0.3 is 19.3 Å². The highest BCUT2D eigenvalue weighted by atomic mass is 31.1. The Morgan fingerprint density at radius 3 is 1.46 bits per heavy atom. The number of para-hydroxylation sites is 3. The molecule has 0 amide bonds. The van der Waals surface area contributed by atoms with Crippen molar-refractivity contribution in [1.29, 1.82) is 0 Å². The zero-order valence-electron chi connectivity index (χ0n) is 20.2. The molecule has 5 rings (SSSR count). The predicted molar refractivity (Wildman–Crippen MR) is 148 cm³/mol. The molecule has 0 saturated carbocycles. The standard InChI is InChI=1S/C32H25O4P/c1-23-13-11-12-20-28(23)32(33)37-31-29(35-25-16-7-3-8-17-25)21-27(34-24-14-5-2-6-15-24)22-30(31)36-26-18-9-4-10-19-26/h2-22,33H,1H3/p-1. The summed E-state index contributed by atoms with van der Waals surface area (Å²) < 4.78 is 18.8. The minimum atomic E-state index is -0.0503. The lowest BCUT2D eigenvalue weighted by Gasteiger charge is -2.19. The largest absolute Gasteiger partial charge is 0.823 e. The van der Waals surface area contributed by atoms with Crippen LogP contribution in [0.1, 0.15) is 11.1 Å². The van der Waals surface area contributed by atoms with Crippen LogP contribution >= 0.6 is 8.20 Å². The summed E-state index contributed by atoms with van der Waals surface area (Å²) in [6, 6.07) is 39.6. The fourth-order valence-corrected chi connectivity index (χ4v) is 4.73.